The zero-order valence-corrected chi connectivity index (χ0v) is 8.41. The van der Waals surface area contributed by atoms with E-state index in [0.717, 1.165) is 5.56 Å². The van der Waals surface area contributed by atoms with Crippen LogP contribution in [0.5, 0.6) is 0 Å². The van der Waals surface area contributed by atoms with Crippen molar-refractivity contribution in [3.63, 3.8) is 0 Å². The lowest BCUT2D eigenvalue weighted by molar-refractivity contribution is 0.134. The van der Waals surface area contributed by atoms with Crippen molar-refractivity contribution in [2.45, 2.75) is 26.4 Å². The molecule has 1 N–H and O–H groups in total. The zero-order chi connectivity index (χ0) is 9.90. The third-order valence-corrected chi connectivity index (χ3v) is 1.76. The third-order valence-electron chi connectivity index (χ3n) is 1.76. The van der Waals surface area contributed by atoms with Gasteiger partial charge in [-0.1, -0.05) is 42.0 Å². The normalized spacial score (nSPS) is 12.3. The minimum Gasteiger partial charge on any atom is -0.386 e. The van der Waals surface area contributed by atoms with E-state index in [1.165, 1.54) is 5.56 Å². The summed E-state index contributed by atoms with van der Waals surface area (Å²) in [4.78, 5) is 0. The van der Waals surface area contributed by atoms with Crippen LogP contribution in [0, 0.1) is 6.92 Å². The van der Waals surface area contributed by atoms with Gasteiger partial charge in [-0.3, -0.25) is 0 Å². The Bertz CT molecular complexity index is 288. The molecule has 0 amide bonds. The van der Waals surface area contributed by atoms with E-state index in [2.05, 4.69) is 19.1 Å². The first-order valence-electron chi connectivity index (χ1n) is 4.46. The van der Waals surface area contributed by atoms with Gasteiger partial charge in [0.1, 0.15) is 0 Å². The van der Waals surface area contributed by atoms with Gasteiger partial charge in [0, 0.05) is 0 Å². The van der Waals surface area contributed by atoms with Crippen molar-refractivity contribution < 1.29 is 5.11 Å². The van der Waals surface area contributed by atoms with Crippen LogP contribution in [0.25, 0.3) is 6.08 Å². The van der Waals surface area contributed by atoms with Gasteiger partial charge in [0.15, 0.2) is 0 Å². The minimum absolute atomic E-state index is 0.731. The lowest BCUT2D eigenvalue weighted by Crippen LogP contribution is -2.13. The Labute approximate surface area is 79.7 Å². The molecule has 0 aliphatic heterocycles. The second kappa shape index (κ2) is 3.75. The maximum absolute atomic E-state index is 9.45. The largest absolute Gasteiger partial charge is 0.386 e. The zero-order valence-electron chi connectivity index (χ0n) is 8.41. The summed E-state index contributed by atoms with van der Waals surface area (Å²) in [5.74, 6) is 0. The van der Waals surface area contributed by atoms with Gasteiger partial charge in [-0.05, 0) is 26.3 Å². The molecule has 1 aromatic rings. The summed E-state index contributed by atoms with van der Waals surface area (Å²) in [6.45, 7) is 5.58. The Kier molecular flexibility index (Phi) is 2.89. The van der Waals surface area contributed by atoms with E-state index in [9.17, 15) is 5.11 Å². The maximum Gasteiger partial charge on any atom is 0.0774 e. The molecule has 0 fully saturated rings. The van der Waals surface area contributed by atoms with Gasteiger partial charge in [0.25, 0.3) is 0 Å². The van der Waals surface area contributed by atoms with Gasteiger partial charge in [-0.2, -0.15) is 0 Å². The molecule has 0 radical (unpaired) electrons. The molecule has 0 aliphatic rings. The molecule has 0 bridgehead atoms. The Morgan fingerprint density at radius 3 is 2.15 bits per heavy atom. The molecular weight excluding hydrogens is 160 g/mol. The molecule has 0 saturated carbocycles. The van der Waals surface area contributed by atoms with Crippen LogP contribution in [0.1, 0.15) is 25.0 Å². The fraction of sp³-hybridized carbons (Fsp3) is 0.333. The van der Waals surface area contributed by atoms with Gasteiger partial charge in [-0.15, -0.1) is 0 Å². The van der Waals surface area contributed by atoms with E-state index in [4.69, 9.17) is 0 Å². The molecule has 0 atom stereocenters. The topological polar surface area (TPSA) is 20.2 Å². The molecular formula is C12H16O. The molecule has 0 aromatic heterocycles. The van der Waals surface area contributed by atoms with E-state index >= 15 is 0 Å². The van der Waals surface area contributed by atoms with Crippen LogP contribution in [-0.4, -0.2) is 10.7 Å². The lowest BCUT2D eigenvalue weighted by atomic mass is 10.1. The predicted molar refractivity (Wildman–Crippen MR) is 56.5 cm³/mol. The van der Waals surface area contributed by atoms with Crippen LogP contribution in [0.3, 0.4) is 0 Å². The summed E-state index contributed by atoms with van der Waals surface area (Å²) in [6, 6.07) is 8.20. The molecule has 1 nitrogen and oxygen atoms in total. The molecule has 1 heteroatoms. The van der Waals surface area contributed by atoms with Crippen molar-refractivity contribution in [2.24, 2.45) is 0 Å². The highest BCUT2D eigenvalue weighted by Crippen LogP contribution is 2.09. The molecule has 70 valence electrons. The average molecular weight is 176 g/mol. The summed E-state index contributed by atoms with van der Waals surface area (Å²) in [7, 11) is 0. The third kappa shape index (κ3) is 3.90. The van der Waals surface area contributed by atoms with Crippen LogP contribution in [0.4, 0.5) is 0 Å². The predicted octanol–water partition coefficient (Wildman–Crippen LogP) is 2.78. The summed E-state index contributed by atoms with van der Waals surface area (Å²) in [6.07, 6.45) is 3.72. The van der Waals surface area contributed by atoms with Gasteiger partial charge in [-0.25, -0.2) is 0 Å². The fourth-order valence-corrected chi connectivity index (χ4v) is 0.978. The molecule has 0 spiro atoms. The molecule has 0 heterocycles. The first kappa shape index (κ1) is 10.0. The Hall–Kier alpha value is -1.08. The summed E-state index contributed by atoms with van der Waals surface area (Å²) >= 11 is 0. The molecule has 1 aromatic carbocycles. The Morgan fingerprint density at radius 2 is 1.69 bits per heavy atom. The molecule has 0 unspecified atom stereocenters. The van der Waals surface area contributed by atoms with E-state index < -0.39 is 5.60 Å². The second-order valence-electron chi connectivity index (χ2n) is 3.90. The molecule has 0 aliphatic carbocycles. The van der Waals surface area contributed by atoms with E-state index in [1.54, 1.807) is 19.9 Å². The molecule has 1 rings (SSSR count). The number of benzene rings is 1. The number of hydrogen-bond acceptors (Lipinski definition) is 1. The van der Waals surface area contributed by atoms with Crippen molar-refractivity contribution in [3.8, 4) is 0 Å². The number of aliphatic hydroxyl groups is 1. The van der Waals surface area contributed by atoms with Crippen molar-refractivity contribution in [2.75, 3.05) is 0 Å². The van der Waals surface area contributed by atoms with Crippen molar-refractivity contribution >= 4 is 6.08 Å². The molecule has 0 saturated heterocycles. The number of aryl methyl sites for hydroxylation is 1. The van der Waals surface area contributed by atoms with Crippen molar-refractivity contribution in [1.29, 1.82) is 0 Å². The van der Waals surface area contributed by atoms with E-state index in [1.807, 2.05) is 18.2 Å². The van der Waals surface area contributed by atoms with Gasteiger partial charge in [0.05, 0.1) is 5.60 Å². The number of hydrogen-bond donors (Lipinski definition) is 1. The summed E-state index contributed by atoms with van der Waals surface area (Å²) in [5, 5.41) is 9.45. The monoisotopic (exact) mass is 176 g/mol. The smallest absolute Gasteiger partial charge is 0.0774 e. The average Bonchev–Trinajstić information content (AvgIpc) is 2.02. The van der Waals surface area contributed by atoms with Crippen LogP contribution >= 0.6 is 0 Å². The van der Waals surface area contributed by atoms with Crippen molar-refractivity contribution in [1.82, 2.24) is 0 Å². The lowest BCUT2D eigenvalue weighted by Gasteiger charge is -2.09. The Balaban J connectivity index is 2.75. The summed E-state index contributed by atoms with van der Waals surface area (Å²) < 4.78 is 0. The van der Waals surface area contributed by atoms with Gasteiger partial charge < -0.3 is 5.11 Å². The molecule has 13 heavy (non-hydrogen) atoms. The maximum atomic E-state index is 9.45. The standard InChI is InChI=1S/C12H16O/c1-10-4-6-11(7-5-10)8-9-12(2,3)13/h4-9,13H,1-3H3. The van der Waals surface area contributed by atoms with Gasteiger partial charge >= 0.3 is 0 Å². The quantitative estimate of drug-likeness (QED) is 0.734. The first-order chi connectivity index (χ1) is 5.97. The van der Waals surface area contributed by atoms with Crippen LogP contribution in [-0.2, 0) is 0 Å². The van der Waals surface area contributed by atoms with E-state index in [-0.39, 0.29) is 0 Å². The highest BCUT2D eigenvalue weighted by molar-refractivity contribution is 5.50. The Morgan fingerprint density at radius 1 is 1.15 bits per heavy atom. The van der Waals surface area contributed by atoms with Crippen LogP contribution in [0.2, 0.25) is 0 Å². The van der Waals surface area contributed by atoms with E-state index in [0.29, 0.717) is 0 Å². The summed E-state index contributed by atoms with van der Waals surface area (Å²) in [5.41, 5.74) is 1.64. The van der Waals surface area contributed by atoms with Crippen LogP contribution < -0.4 is 0 Å². The first-order valence-corrected chi connectivity index (χ1v) is 4.46. The van der Waals surface area contributed by atoms with Crippen LogP contribution in [0.15, 0.2) is 30.3 Å². The van der Waals surface area contributed by atoms with Gasteiger partial charge in [0.2, 0.25) is 0 Å². The highest BCUT2D eigenvalue weighted by atomic mass is 16.3. The number of rotatable bonds is 2. The fourth-order valence-electron chi connectivity index (χ4n) is 0.978. The minimum atomic E-state index is -0.731. The second-order valence-corrected chi connectivity index (χ2v) is 3.90. The van der Waals surface area contributed by atoms with Crippen molar-refractivity contribution in [3.05, 3.63) is 41.5 Å². The SMILES string of the molecule is Cc1ccc(C=CC(C)(C)O)cc1. The highest BCUT2D eigenvalue weighted by Gasteiger charge is 2.05.